The highest BCUT2D eigenvalue weighted by molar-refractivity contribution is 7.89. The average Bonchev–Trinajstić information content (AvgIpc) is 3.09. The Bertz CT molecular complexity index is 977. The Kier molecular flexibility index (Phi) is 4.43. The van der Waals surface area contributed by atoms with Crippen molar-refractivity contribution in [2.24, 2.45) is 7.05 Å². The zero-order chi connectivity index (χ0) is 19.2. The first kappa shape index (κ1) is 18.0. The van der Waals surface area contributed by atoms with Crippen LogP contribution < -0.4 is 4.90 Å². The zero-order valence-corrected chi connectivity index (χ0v) is 16.1. The van der Waals surface area contributed by atoms with Crippen LogP contribution in [0.2, 0.25) is 0 Å². The molecule has 2 aliphatic heterocycles. The molecule has 0 radical (unpaired) electrons. The molecule has 0 saturated carbocycles. The molecule has 1 aromatic carbocycles. The van der Waals surface area contributed by atoms with E-state index in [2.05, 4.69) is 4.98 Å². The van der Waals surface area contributed by atoms with Crippen molar-refractivity contribution in [2.75, 3.05) is 18.0 Å². The molecule has 3 heterocycles. The molecule has 0 aliphatic carbocycles. The maximum atomic E-state index is 12.7. The summed E-state index contributed by atoms with van der Waals surface area (Å²) in [6, 6.07) is 5.86. The Morgan fingerprint density at radius 2 is 1.96 bits per heavy atom. The van der Waals surface area contributed by atoms with Crippen LogP contribution in [0.5, 0.6) is 0 Å². The number of benzene rings is 1. The number of fused-ring (bicyclic) bond motifs is 1. The molecular formula is C18H22N4O4S. The van der Waals surface area contributed by atoms with Gasteiger partial charge < -0.3 is 9.30 Å². The van der Waals surface area contributed by atoms with E-state index in [9.17, 15) is 13.2 Å². The third-order valence-corrected chi connectivity index (χ3v) is 6.90. The van der Waals surface area contributed by atoms with Crippen LogP contribution >= 0.6 is 0 Å². The lowest BCUT2D eigenvalue weighted by atomic mass is 10.0. The van der Waals surface area contributed by atoms with Gasteiger partial charge in [0.1, 0.15) is 6.61 Å². The van der Waals surface area contributed by atoms with Gasteiger partial charge in [-0.2, -0.15) is 4.31 Å². The van der Waals surface area contributed by atoms with Crippen molar-refractivity contribution < 1.29 is 17.9 Å². The number of carbonyl (C=O) groups excluding carboxylic acids is 1. The van der Waals surface area contributed by atoms with Crippen LogP contribution in [0.25, 0.3) is 0 Å². The van der Waals surface area contributed by atoms with Crippen LogP contribution in [-0.2, 0) is 28.4 Å². The summed E-state index contributed by atoms with van der Waals surface area (Å²) in [5.41, 5.74) is 2.96. The Morgan fingerprint density at radius 1 is 1.22 bits per heavy atom. The number of ether oxygens (including phenoxy) is 1. The molecule has 8 nitrogen and oxygen atoms in total. The van der Waals surface area contributed by atoms with Crippen molar-refractivity contribution in [2.45, 2.75) is 37.4 Å². The normalized spacial score (nSPS) is 19.0. The van der Waals surface area contributed by atoms with Crippen LogP contribution in [0.3, 0.4) is 0 Å². The molecule has 4 rings (SSSR count). The van der Waals surface area contributed by atoms with E-state index in [0.717, 1.165) is 16.8 Å². The molecule has 0 N–H and O–H groups in total. The highest BCUT2D eigenvalue weighted by Crippen LogP contribution is 2.33. The number of aryl methyl sites for hydroxylation is 2. The summed E-state index contributed by atoms with van der Waals surface area (Å²) in [6.45, 7) is 2.96. The quantitative estimate of drug-likeness (QED) is 0.801. The van der Waals surface area contributed by atoms with Gasteiger partial charge in [-0.25, -0.2) is 18.2 Å². The Hall–Kier alpha value is -2.39. The summed E-state index contributed by atoms with van der Waals surface area (Å²) in [5, 5.41) is 0.0571. The summed E-state index contributed by atoms with van der Waals surface area (Å²) in [4.78, 5) is 18.1. The SMILES string of the molecule is Cc1ccc2c(c1)COC(=O)N2C1CCN(S(=O)(=O)c2cn(C)cn2)CC1. The van der Waals surface area contributed by atoms with E-state index in [1.807, 2.05) is 25.1 Å². The number of rotatable bonds is 3. The van der Waals surface area contributed by atoms with Gasteiger partial charge in [0.2, 0.25) is 0 Å². The predicted octanol–water partition coefficient (Wildman–Crippen LogP) is 2.04. The molecule has 2 aliphatic rings. The molecule has 1 aromatic heterocycles. The first-order chi connectivity index (χ1) is 12.9. The minimum absolute atomic E-state index is 0.0571. The monoisotopic (exact) mass is 390 g/mol. The van der Waals surface area contributed by atoms with Crippen LogP contribution in [0.1, 0.15) is 24.0 Å². The van der Waals surface area contributed by atoms with Crippen LogP contribution in [0.15, 0.2) is 35.7 Å². The van der Waals surface area contributed by atoms with E-state index in [0.29, 0.717) is 25.9 Å². The van der Waals surface area contributed by atoms with Gasteiger partial charge in [-0.15, -0.1) is 0 Å². The number of nitrogens with zero attached hydrogens (tertiary/aromatic N) is 4. The van der Waals surface area contributed by atoms with Crippen molar-refractivity contribution in [3.8, 4) is 0 Å². The highest BCUT2D eigenvalue weighted by Gasteiger charge is 2.37. The van der Waals surface area contributed by atoms with Gasteiger partial charge >= 0.3 is 6.09 Å². The summed E-state index contributed by atoms with van der Waals surface area (Å²) in [6.07, 6.45) is 3.71. The number of cyclic esters (lactones) is 1. The van der Waals surface area contributed by atoms with Gasteiger partial charge in [0.15, 0.2) is 5.03 Å². The van der Waals surface area contributed by atoms with Crippen molar-refractivity contribution in [3.63, 3.8) is 0 Å². The van der Waals surface area contributed by atoms with Crippen molar-refractivity contribution >= 4 is 21.8 Å². The van der Waals surface area contributed by atoms with E-state index < -0.39 is 10.0 Å². The summed E-state index contributed by atoms with van der Waals surface area (Å²) in [7, 11) is -1.87. The summed E-state index contributed by atoms with van der Waals surface area (Å²) >= 11 is 0. The number of imidazole rings is 1. The molecule has 0 atom stereocenters. The average molecular weight is 390 g/mol. The number of aromatic nitrogens is 2. The smallest absolute Gasteiger partial charge is 0.414 e. The lowest BCUT2D eigenvalue weighted by molar-refractivity contribution is 0.135. The predicted molar refractivity (Wildman–Crippen MR) is 98.8 cm³/mol. The lowest BCUT2D eigenvalue weighted by Crippen LogP contribution is -2.50. The fraction of sp³-hybridized carbons (Fsp3) is 0.444. The van der Waals surface area contributed by atoms with E-state index in [-0.39, 0.29) is 23.8 Å². The fourth-order valence-corrected chi connectivity index (χ4v) is 5.15. The molecule has 27 heavy (non-hydrogen) atoms. The Labute approximate surface area is 158 Å². The van der Waals surface area contributed by atoms with Gasteiger partial charge in [-0.05, 0) is 25.8 Å². The second-order valence-electron chi connectivity index (χ2n) is 7.07. The van der Waals surface area contributed by atoms with Gasteiger partial charge in [0.25, 0.3) is 10.0 Å². The van der Waals surface area contributed by atoms with Crippen molar-refractivity contribution in [3.05, 3.63) is 41.9 Å². The maximum Gasteiger partial charge on any atom is 0.414 e. The number of piperidine rings is 1. The minimum atomic E-state index is -3.61. The molecule has 0 spiro atoms. The standard InChI is InChI=1S/C18H22N4O4S/c1-13-3-4-16-14(9-13)11-26-18(23)22(16)15-5-7-21(8-6-15)27(24,25)17-10-20(2)12-19-17/h3-4,9-10,12,15H,5-8,11H2,1-2H3. The maximum absolute atomic E-state index is 12.7. The molecule has 9 heteroatoms. The first-order valence-corrected chi connectivity index (χ1v) is 10.3. The fourth-order valence-electron chi connectivity index (χ4n) is 3.71. The van der Waals surface area contributed by atoms with E-state index >= 15 is 0 Å². The van der Waals surface area contributed by atoms with Crippen molar-refractivity contribution in [1.29, 1.82) is 0 Å². The second kappa shape index (κ2) is 6.65. The Morgan fingerprint density at radius 3 is 2.63 bits per heavy atom. The summed E-state index contributed by atoms with van der Waals surface area (Å²) < 4.78 is 33.8. The van der Waals surface area contributed by atoms with E-state index in [1.54, 1.807) is 16.5 Å². The third-order valence-electron chi connectivity index (χ3n) is 5.12. The molecule has 144 valence electrons. The number of hydrogen-bond acceptors (Lipinski definition) is 5. The summed E-state index contributed by atoms with van der Waals surface area (Å²) in [5.74, 6) is 0. The largest absolute Gasteiger partial charge is 0.444 e. The molecule has 0 bridgehead atoms. The van der Waals surface area contributed by atoms with Crippen LogP contribution in [-0.4, -0.2) is 47.5 Å². The third kappa shape index (κ3) is 3.21. The number of hydrogen-bond donors (Lipinski definition) is 0. The van der Waals surface area contributed by atoms with Crippen LogP contribution in [0, 0.1) is 6.92 Å². The van der Waals surface area contributed by atoms with Gasteiger partial charge in [-0.3, -0.25) is 4.90 Å². The van der Waals surface area contributed by atoms with E-state index in [1.165, 1.54) is 16.8 Å². The molecule has 1 amide bonds. The molecular weight excluding hydrogens is 368 g/mol. The topological polar surface area (TPSA) is 84.7 Å². The zero-order valence-electron chi connectivity index (χ0n) is 15.3. The highest BCUT2D eigenvalue weighted by atomic mass is 32.2. The lowest BCUT2D eigenvalue weighted by Gasteiger charge is -2.39. The van der Waals surface area contributed by atoms with Crippen LogP contribution in [0.4, 0.5) is 10.5 Å². The molecule has 2 aromatic rings. The number of sulfonamides is 1. The molecule has 0 unspecified atom stereocenters. The van der Waals surface area contributed by atoms with Gasteiger partial charge in [-0.1, -0.05) is 17.7 Å². The number of carbonyl (C=O) groups is 1. The Balaban J connectivity index is 1.52. The minimum Gasteiger partial charge on any atom is -0.444 e. The number of anilines is 1. The van der Waals surface area contributed by atoms with Gasteiger partial charge in [0, 0.05) is 37.9 Å². The van der Waals surface area contributed by atoms with E-state index in [4.69, 9.17) is 4.74 Å². The molecule has 1 saturated heterocycles. The van der Waals surface area contributed by atoms with Crippen molar-refractivity contribution in [1.82, 2.24) is 13.9 Å². The first-order valence-electron chi connectivity index (χ1n) is 8.90. The second-order valence-corrected chi connectivity index (χ2v) is 8.95. The number of amides is 1. The van der Waals surface area contributed by atoms with Gasteiger partial charge in [0.05, 0.1) is 12.0 Å². The molecule has 1 fully saturated rings.